The fourth-order valence-electron chi connectivity index (χ4n) is 3.49. The fraction of sp³-hybridized carbons (Fsp3) is 0.450. The number of hydrogen-bond donors (Lipinski definition) is 3. The number of hydrogen-bond acceptors (Lipinski definition) is 5. The van der Waals surface area contributed by atoms with Crippen LogP contribution in [0, 0.1) is 12.7 Å². The molecule has 1 aliphatic heterocycles. The first-order valence-corrected chi connectivity index (χ1v) is 9.74. The second kappa shape index (κ2) is 9.51. The minimum atomic E-state index is -0.541. The van der Waals surface area contributed by atoms with Crippen LogP contribution in [0.4, 0.5) is 10.1 Å². The van der Waals surface area contributed by atoms with Crippen molar-refractivity contribution in [2.24, 2.45) is 0 Å². The maximum Gasteiger partial charge on any atom is 0.325 e. The van der Waals surface area contributed by atoms with Gasteiger partial charge in [0.05, 0.1) is 0 Å². The van der Waals surface area contributed by atoms with Crippen LogP contribution in [0.25, 0.3) is 0 Å². The molecule has 156 valence electrons. The molecule has 0 saturated carbocycles. The summed E-state index contributed by atoms with van der Waals surface area (Å²) in [4.78, 5) is 44.3. The molecular formula is C20H26FN5O3. The molecule has 2 aromatic rings. The van der Waals surface area contributed by atoms with Crippen LogP contribution in [0.5, 0.6) is 0 Å². The van der Waals surface area contributed by atoms with Crippen molar-refractivity contribution in [3.63, 3.8) is 0 Å². The van der Waals surface area contributed by atoms with E-state index in [2.05, 4.69) is 25.1 Å². The van der Waals surface area contributed by atoms with Crippen molar-refractivity contribution in [1.29, 1.82) is 0 Å². The number of H-pyrrole nitrogens is 2. The Hall–Kier alpha value is -2.94. The maximum atomic E-state index is 13.0. The number of rotatable bonds is 7. The van der Waals surface area contributed by atoms with Crippen LogP contribution >= 0.6 is 0 Å². The van der Waals surface area contributed by atoms with E-state index in [9.17, 15) is 18.8 Å². The van der Waals surface area contributed by atoms with Crippen LogP contribution in [-0.4, -0.2) is 60.0 Å². The molecule has 3 N–H and O–H groups in total. The van der Waals surface area contributed by atoms with Crippen LogP contribution < -0.4 is 21.5 Å². The van der Waals surface area contributed by atoms with Gasteiger partial charge in [0.1, 0.15) is 5.82 Å². The molecule has 0 aliphatic carbocycles. The summed E-state index contributed by atoms with van der Waals surface area (Å²) in [7, 11) is 0. The highest BCUT2D eigenvalue weighted by Crippen LogP contribution is 2.16. The highest BCUT2D eigenvalue weighted by atomic mass is 19.1. The van der Waals surface area contributed by atoms with Gasteiger partial charge in [0, 0.05) is 62.6 Å². The molecule has 0 unspecified atom stereocenters. The first-order valence-electron chi connectivity index (χ1n) is 9.74. The number of aromatic nitrogens is 2. The number of aromatic amines is 2. The van der Waals surface area contributed by atoms with E-state index in [-0.39, 0.29) is 24.6 Å². The largest absolute Gasteiger partial charge is 0.369 e. The normalized spacial score (nSPS) is 14.8. The lowest BCUT2D eigenvalue weighted by Crippen LogP contribution is -2.48. The van der Waals surface area contributed by atoms with Gasteiger partial charge in [-0.25, -0.2) is 9.18 Å². The summed E-state index contributed by atoms with van der Waals surface area (Å²) >= 11 is 0. The van der Waals surface area contributed by atoms with Crippen molar-refractivity contribution < 1.29 is 9.18 Å². The van der Waals surface area contributed by atoms with Crippen molar-refractivity contribution >= 4 is 11.6 Å². The Bertz CT molecular complexity index is 946. The number of amides is 1. The lowest BCUT2D eigenvalue weighted by molar-refractivity contribution is -0.121. The lowest BCUT2D eigenvalue weighted by Gasteiger charge is -2.36. The maximum absolute atomic E-state index is 13.0. The predicted octanol–water partition coefficient (Wildman–Crippen LogP) is 0.382. The Labute approximate surface area is 167 Å². The number of carbonyl (C=O) groups excluding carboxylic acids is 1. The summed E-state index contributed by atoms with van der Waals surface area (Å²) in [6, 6.07) is 6.53. The molecule has 1 aromatic carbocycles. The van der Waals surface area contributed by atoms with Crippen LogP contribution in [-0.2, 0) is 11.2 Å². The fourth-order valence-corrected chi connectivity index (χ4v) is 3.49. The third-order valence-electron chi connectivity index (χ3n) is 5.17. The molecule has 1 fully saturated rings. The third kappa shape index (κ3) is 5.77. The van der Waals surface area contributed by atoms with Crippen LogP contribution in [0.3, 0.4) is 0 Å². The molecule has 1 aliphatic rings. The molecule has 0 bridgehead atoms. The van der Waals surface area contributed by atoms with E-state index >= 15 is 0 Å². The van der Waals surface area contributed by atoms with E-state index in [0.29, 0.717) is 17.8 Å². The minimum absolute atomic E-state index is 0.125. The van der Waals surface area contributed by atoms with Crippen molar-refractivity contribution in [2.45, 2.75) is 19.8 Å². The topological polar surface area (TPSA) is 101 Å². The van der Waals surface area contributed by atoms with Gasteiger partial charge in [-0.1, -0.05) is 0 Å². The summed E-state index contributed by atoms with van der Waals surface area (Å²) in [6.07, 6.45) is 0.467. The van der Waals surface area contributed by atoms with E-state index in [4.69, 9.17) is 0 Å². The zero-order valence-electron chi connectivity index (χ0n) is 16.5. The Morgan fingerprint density at radius 1 is 1.10 bits per heavy atom. The van der Waals surface area contributed by atoms with E-state index in [0.717, 1.165) is 38.4 Å². The summed E-state index contributed by atoms with van der Waals surface area (Å²) < 4.78 is 13.0. The molecule has 9 heteroatoms. The SMILES string of the molecule is Cc1[nH]c(=O)[nH]c(=O)c1CCC(=O)NCCN1CCN(c2ccc(F)cc2)CC1. The van der Waals surface area contributed by atoms with Crippen molar-refractivity contribution in [3.05, 3.63) is 62.2 Å². The van der Waals surface area contributed by atoms with Gasteiger partial charge in [-0.2, -0.15) is 0 Å². The summed E-state index contributed by atoms with van der Waals surface area (Å²) in [5.41, 5.74) is 0.951. The quantitative estimate of drug-likeness (QED) is 0.621. The second-order valence-corrected chi connectivity index (χ2v) is 7.17. The van der Waals surface area contributed by atoms with Crippen molar-refractivity contribution in [1.82, 2.24) is 20.2 Å². The van der Waals surface area contributed by atoms with Gasteiger partial charge < -0.3 is 15.2 Å². The van der Waals surface area contributed by atoms with Gasteiger partial charge >= 0.3 is 5.69 Å². The monoisotopic (exact) mass is 403 g/mol. The Kier molecular flexibility index (Phi) is 6.82. The van der Waals surface area contributed by atoms with Gasteiger partial charge in [0.15, 0.2) is 0 Å². The Morgan fingerprint density at radius 2 is 1.79 bits per heavy atom. The smallest absolute Gasteiger partial charge is 0.325 e. The average molecular weight is 403 g/mol. The lowest BCUT2D eigenvalue weighted by atomic mass is 10.1. The first kappa shape index (κ1) is 20.8. The molecule has 2 heterocycles. The van der Waals surface area contributed by atoms with Gasteiger partial charge in [0.2, 0.25) is 5.91 Å². The van der Waals surface area contributed by atoms with E-state index in [1.165, 1.54) is 12.1 Å². The molecular weight excluding hydrogens is 377 g/mol. The zero-order valence-corrected chi connectivity index (χ0v) is 16.5. The Morgan fingerprint density at radius 3 is 2.45 bits per heavy atom. The number of piperazine rings is 1. The van der Waals surface area contributed by atoms with Gasteiger partial charge in [0.25, 0.3) is 5.56 Å². The molecule has 0 spiro atoms. The van der Waals surface area contributed by atoms with Crippen molar-refractivity contribution in [2.75, 3.05) is 44.2 Å². The molecule has 0 radical (unpaired) electrons. The number of carbonyl (C=O) groups is 1. The summed E-state index contributed by atoms with van der Waals surface area (Å²) in [5, 5.41) is 2.88. The summed E-state index contributed by atoms with van der Waals surface area (Å²) in [5.74, 6) is -0.358. The van der Waals surface area contributed by atoms with Crippen LogP contribution in [0.15, 0.2) is 33.9 Å². The predicted molar refractivity (Wildman–Crippen MR) is 109 cm³/mol. The molecule has 1 amide bonds. The van der Waals surface area contributed by atoms with Crippen LogP contribution in [0.1, 0.15) is 17.7 Å². The molecule has 3 rings (SSSR count). The highest BCUT2D eigenvalue weighted by Gasteiger charge is 2.17. The van der Waals surface area contributed by atoms with Gasteiger partial charge in [-0.15, -0.1) is 0 Å². The summed E-state index contributed by atoms with van der Waals surface area (Å²) in [6.45, 7) is 6.40. The number of halogens is 1. The minimum Gasteiger partial charge on any atom is -0.369 e. The molecule has 0 atom stereocenters. The molecule has 8 nitrogen and oxygen atoms in total. The number of nitrogens with one attached hydrogen (secondary N) is 3. The first-order chi connectivity index (χ1) is 13.9. The van der Waals surface area contributed by atoms with Gasteiger partial charge in [-0.3, -0.25) is 19.5 Å². The Balaban J connectivity index is 1.36. The number of benzene rings is 1. The molecule has 1 aromatic heterocycles. The van der Waals surface area contributed by atoms with E-state index < -0.39 is 11.2 Å². The number of aryl methyl sites for hydroxylation is 1. The van der Waals surface area contributed by atoms with Gasteiger partial charge in [-0.05, 0) is 37.6 Å². The number of anilines is 1. The second-order valence-electron chi connectivity index (χ2n) is 7.17. The van der Waals surface area contributed by atoms with Crippen molar-refractivity contribution in [3.8, 4) is 0 Å². The van der Waals surface area contributed by atoms with E-state index in [1.54, 1.807) is 19.1 Å². The van der Waals surface area contributed by atoms with Crippen LogP contribution in [0.2, 0.25) is 0 Å². The molecule has 1 saturated heterocycles. The average Bonchev–Trinajstić information content (AvgIpc) is 2.68. The standard InChI is InChI=1S/C20H26FN5O3/c1-14-17(19(28)24-20(29)23-14)6-7-18(27)22-8-9-25-10-12-26(13-11-25)16-4-2-15(21)3-5-16/h2-5H,6-13H2,1H3,(H,22,27)(H2,23,24,28,29). The zero-order chi connectivity index (χ0) is 20.8. The number of nitrogens with zero attached hydrogens (tertiary/aromatic N) is 2. The third-order valence-corrected chi connectivity index (χ3v) is 5.17. The molecule has 29 heavy (non-hydrogen) atoms. The van der Waals surface area contributed by atoms with E-state index in [1.807, 2.05) is 0 Å². The highest BCUT2D eigenvalue weighted by molar-refractivity contribution is 5.76.